The van der Waals surface area contributed by atoms with Crippen molar-refractivity contribution >= 4 is 6.09 Å². The zero-order valence-corrected chi connectivity index (χ0v) is 11.9. The number of hydrogen-bond donors (Lipinski definition) is 0. The topological polar surface area (TPSA) is 42.0 Å². The van der Waals surface area contributed by atoms with Crippen LogP contribution in [0, 0.1) is 5.92 Å². The summed E-state index contributed by atoms with van der Waals surface area (Å²) in [5, 5.41) is 0. The van der Waals surface area contributed by atoms with Gasteiger partial charge in [0.1, 0.15) is 0 Å². The summed E-state index contributed by atoms with van der Waals surface area (Å²) in [4.78, 5) is 15.3. The Labute approximate surface area is 122 Å². The Bertz CT molecular complexity index is 346. The highest BCUT2D eigenvalue weighted by Gasteiger charge is 2.32. The molecule has 0 spiro atoms. The van der Waals surface area contributed by atoms with Crippen molar-refractivity contribution in [1.82, 2.24) is 9.80 Å². The van der Waals surface area contributed by atoms with Gasteiger partial charge in [-0.2, -0.15) is 13.2 Å². The molecule has 0 N–H and O–H groups in total. The normalized spacial score (nSPS) is 24.9. The van der Waals surface area contributed by atoms with Crippen molar-refractivity contribution in [2.24, 2.45) is 5.92 Å². The molecular weight excluding hydrogens is 289 g/mol. The van der Waals surface area contributed by atoms with E-state index in [1.54, 1.807) is 0 Å². The Morgan fingerprint density at radius 1 is 1.24 bits per heavy atom. The summed E-state index contributed by atoms with van der Waals surface area (Å²) in [6.07, 6.45) is -3.55. The van der Waals surface area contributed by atoms with Crippen molar-refractivity contribution < 1.29 is 27.4 Å². The molecule has 21 heavy (non-hydrogen) atoms. The van der Waals surface area contributed by atoms with Gasteiger partial charge in [-0.15, -0.1) is 0 Å². The van der Waals surface area contributed by atoms with Gasteiger partial charge in [-0.1, -0.05) is 0 Å². The van der Waals surface area contributed by atoms with E-state index in [2.05, 4.69) is 9.64 Å². The van der Waals surface area contributed by atoms with E-state index in [1.807, 2.05) is 0 Å². The Kier molecular flexibility index (Phi) is 5.69. The number of nitrogens with zero attached hydrogens (tertiary/aromatic N) is 2. The molecule has 2 saturated heterocycles. The molecule has 122 valence electrons. The third-order valence-electron chi connectivity index (χ3n) is 3.76. The molecule has 0 aromatic carbocycles. The van der Waals surface area contributed by atoms with Crippen LogP contribution in [0.5, 0.6) is 0 Å². The molecule has 1 atom stereocenters. The molecule has 2 heterocycles. The van der Waals surface area contributed by atoms with Crippen LogP contribution in [0.4, 0.5) is 18.0 Å². The summed E-state index contributed by atoms with van der Waals surface area (Å²) in [6.45, 7) is 3.44. The highest BCUT2D eigenvalue weighted by Crippen LogP contribution is 2.20. The zero-order valence-electron chi connectivity index (χ0n) is 11.9. The van der Waals surface area contributed by atoms with E-state index >= 15 is 0 Å². The van der Waals surface area contributed by atoms with Crippen LogP contribution >= 0.6 is 0 Å². The average molecular weight is 310 g/mol. The molecule has 0 unspecified atom stereocenters. The summed E-state index contributed by atoms with van der Waals surface area (Å²) in [7, 11) is 0. The van der Waals surface area contributed by atoms with E-state index in [0.29, 0.717) is 26.3 Å². The first kappa shape index (κ1) is 16.4. The molecule has 0 saturated carbocycles. The first-order valence-electron chi connectivity index (χ1n) is 7.22. The van der Waals surface area contributed by atoms with Crippen LogP contribution in [0.2, 0.25) is 0 Å². The lowest BCUT2D eigenvalue weighted by molar-refractivity contribution is -0.162. The number of piperidine rings is 1. The van der Waals surface area contributed by atoms with Gasteiger partial charge in [0.2, 0.25) is 0 Å². The Balaban J connectivity index is 1.75. The predicted octanol–water partition coefficient (Wildman–Crippen LogP) is 1.73. The van der Waals surface area contributed by atoms with Gasteiger partial charge in [0.25, 0.3) is 0 Å². The minimum atomic E-state index is -4.47. The van der Waals surface area contributed by atoms with Crippen molar-refractivity contribution in [3.8, 4) is 0 Å². The molecule has 0 aliphatic carbocycles. The molecule has 2 aliphatic heterocycles. The number of rotatable bonds is 3. The van der Waals surface area contributed by atoms with Gasteiger partial charge in [-0.3, -0.25) is 4.90 Å². The quantitative estimate of drug-likeness (QED) is 0.796. The highest BCUT2D eigenvalue weighted by atomic mass is 19.4. The lowest BCUT2D eigenvalue weighted by atomic mass is 9.97. The second kappa shape index (κ2) is 7.31. The Morgan fingerprint density at radius 2 is 1.95 bits per heavy atom. The molecule has 1 amide bonds. The number of amides is 1. The summed E-state index contributed by atoms with van der Waals surface area (Å²) in [5.74, 6) is 0.287. The second-order valence-corrected chi connectivity index (χ2v) is 5.54. The number of carbonyl (C=O) groups excluding carboxylic acids is 1. The fourth-order valence-corrected chi connectivity index (χ4v) is 2.76. The van der Waals surface area contributed by atoms with Crippen LogP contribution in [-0.2, 0) is 9.47 Å². The van der Waals surface area contributed by atoms with Gasteiger partial charge in [0.05, 0.1) is 13.2 Å². The van der Waals surface area contributed by atoms with E-state index in [1.165, 1.54) is 4.90 Å². The number of hydrogen-bond acceptors (Lipinski definition) is 4. The monoisotopic (exact) mass is 310 g/mol. The van der Waals surface area contributed by atoms with Crippen molar-refractivity contribution in [2.75, 3.05) is 52.5 Å². The Morgan fingerprint density at radius 3 is 2.62 bits per heavy atom. The molecule has 0 aromatic heterocycles. The summed E-state index contributed by atoms with van der Waals surface area (Å²) in [5.41, 5.74) is 0. The summed E-state index contributed by atoms with van der Waals surface area (Å²) >= 11 is 0. The fourth-order valence-electron chi connectivity index (χ4n) is 2.76. The third-order valence-corrected chi connectivity index (χ3v) is 3.76. The van der Waals surface area contributed by atoms with Gasteiger partial charge < -0.3 is 14.4 Å². The molecule has 2 fully saturated rings. The van der Waals surface area contributed by atoms with Gasteiger partial charge in [0, 0.05) is 32.7 Å². The molecule has 5 nitrogen and oxygen atoms in total. The molecule has 8 heteroatoms. The molecule has 2 rings (SSSR count). The van der Waals surface area contributed by atoms with Crippen LogP contribution in [-0.4, -0.2) is 74.6 Å². The largest absolute Gasteiger partial charge is 0.440 e. The average Bonchev–Trinajstić information content (AvgIpc) is 2.45. The molecular formula is C13H21F3N2O3. The standard InChI is InChI=1S/C13H21F3N2O3/c14-13(15,16)10-21-12(19)18-3-1-2-11(9-18)8-17-4-6-20-7-5-17/h11H,1-10H2/t11-/m0/s1. The molecule has 0 aromatic rings. The minimum Gasteiger partial charge on any atom is -0.440 e. The number of ether oxygens (including phenoxy) is 2. The van der Waals surface area contributed by atoms with Crippen molar-refractivity contribution in [2.45, 2.75) is 19.0 Å². The highest BCUT2D eigenvalue weighted by molar-refractivity contribution is 5.67. The second-order valence-electron chi connectivity index (χ2n) is 5.54. The number of morpholine rings is 1. The van der Waals surface area contributed by atoms with Crippen molar-refractivity contribution in [3.63, 3.8) is 0 Å². The molecule has 2 aliphatic rings. The van der Waals surface area contributed by atoms with Crippen LogP contribution in [0.15, 0.2) is 0 Å². The predicted molar refractivity (Wildman–Crippen MR) is 69.0 cm³/mol. The van der Waals surface area contributed by atoms with Gasteiger partial charge >= 0.3 is 12.3 Å². The number of alkyl halides is 3. The van der Waals surface area contributed by atoms with E-state index in [4.69, 9.17) is 4.74 Å². The zero-order chi connectivity index (χ0) is 15.3. The van der Waals surface area contributed by atoms with Gasteiger partial charge in [0.15, 0.2) is 6.61 Å². The molecule has 0 bridgehead atoms. The first-order valence-corrected chi connectivity index (χ1v) is 7.22. The van der Waals surface area contributed by atoms with Crippen molar-refractivity contribution in [1.29, 1.82) is 0 Å². The van der Waals surface area contributed by atoms with Crippen molar-refractivity contribution in [3.05, 3.63) is 0 Å². The Hall–Kier alpha value is -1.02. The first-order chi connectivity index (χ1) is 9.94. The number of halogens is 3. The maximum atomic E-state index is 12.1. The van der Waals surface area contributed by atoms with E-state index < -0.39 is 18.9 Å². The van der Waals surface area contributed by atoms with E-state index in [-0.39, 0.29) is 5.92 Å². The lowest BCUT2D eigenvalue weighted by Crippen LogP contribution is -2.46. The van der Waals surface area contributed by atoms with Crippen LogP contribution < -0.4 is 0 Å². The fraction of sp³-hybridized carbons (Fsp3) is 0.923. The van der Waals surface area contributed by atoms with Gasteiger partial charge in [-0.05, 0) is 18.8 Å². The van der Waals surface area contributed by atoms with Crippen LogP contribution in [0.3, 0.4) is 0 Å². The van der Waals surface area contributed by atoms with Gasteiger partial charge in [-0.25, -0.2) is 4.79 Å². The third kappa shape index (κ3) is 5.70. The van der Waals surface area contributed by atoms with Crippen LogP contribution in [0.1, 0.15) is 12.8 Å². The maximum absolute atomic E-state index is 12.1. The summed E-state index contributed by atoms with van der Waals surface area (Å²) < 4.78 is 45.8. The molecule has 0 radical (unpaired) electrons. The lowest BCUT2D eigenvalue weighted by Gasteiger charge is -2.36. The van der Waals surface area contributed by atoms with E-state index in [9.17, 15) is 18.0 Å². The number of likely N-dealkylation sites (tertiary alicyclic amines) is 1. The summed E-state index contributed by atoms with van der Waals surface area (Å²) in [6, 6.07) is 0. The maximum Gasteiger partial charge on any atom is 0.422 e. The van der Waals surface area contributed by atoms with Crippen LogP contribution in [0.25, 0.3) is 0 Å². The minimum absolute atomic E-state index is 0.287. The van der Waals surface area contributed by atoms with E-state index in [0.717, 1.165) is 32.5 Å². The number of carbonyl (C=O) groups is 1. The smallest absolute Gasteiger partial charge is 0.422 e. The SMILES string of the molecule is O=C(OCC(F)(F)F)N1CCC[C@@H](CN2CCOCC2)C1.